The second-order valence-electron chi connectivity index (χ2n) is 6.83. The third-order valence-corrected chi connectivity index (χ3v) is 6.60. The summed E-state index contributed by atoms with van der Waals surface area (Å²) in [5.41, 5.74) is 4.40. The van der Waals surface area contributed by atoms with Crippen molar-refractivity contribution in [1.82, 2.24) is 10.4 Å². The van der Waals surface area contributed by atoms with Crippen molar-refractivity contribution in [2.45, 2.75) is 43.4 Å². The van der Waals surface area contributed by atoms with E-state index >= 15 is 0 Å². The van der Waals surface area contributed by atoms with Crippen LogP contribution in [0.4, 0.5) is 0 Å². The van der Waals surface area contributed by atoms with E-state index in [9.17, 15) is 4.79 Å². The van der Waals surface area contributed by atoms with Gasteiger partial charge in [0.2, 0.25) is 0 Å². The Bertz CT molecular complexity index is 939. The van der Waals surface area contributed by atoms with Crippen LogP contribution in [0, 0.1) is 0 Å². The number of amides is 1. The number of ether oxygens (including phenoxy) is 1. The number of aromatic nitrogens is 1. The van der Waals surface area contributed by atoms with Gasteiger partial charge in [-0.3, -0.25) is 4.79 Å². The van der Waals surface area contributed by atoms with Gasteiger partial charge >= 0.3 is 0 Å². The summed E-state index contributed by atoms with van der Waals surface area (Å²) in [4.78, 5) is 16.6. The predicted molar refractivity (Wildman–Crippen MR) is 127 cm³/mol. The van der Waals surface area contributed by atoms with Crippen molar-refractivity contribution >= 4 is 45.4 Å². The van der Waals surface area contributed by atoms with E-state index in [1.54, 1.807) is 17.6 Å². The quantitative estimate of drug-likeness (QED) is 0.165. The molecule has 0 fully saturated rings. The SMILES string of the molecule is CCCCCCCOc1ccccc1C=NNC(=O)CSc1nc2ccccc2s1. The monoisotopic (exact) mass is 441 g/mol. The maximum Gasteiger partial charge on any atom is 0.250 e. The molecule has 0 aliphatic heterocycles. The second kappa shape index (κ2) is 12.3. The van der Waals surface area contributed by atoms with Crippen molar-refractivity contribution < 1.29 is 9.53 Å². The summed E-state index contributed by atoms with van der Waals surface area (Å²) in [7, 11) is 0. The van der Waals surface area contributed by atoms with Crippen molar-refractivity contribution in [3.63, 3.8) is 0 Å². The van der Waals surface area contributed by atoms with Gasteiger partial charge in [0.15, 0.2) is 4.34 Å². The van der Waals surface area contributed by atoms with Gasteiger partial charge in [-0.05, 0) is 30.7 Å². The lowest BCUT2D eigenvalue weighted by atomic mass is 10.2. The lowest BCUT2D eigenvalue weighted by molar-refractivity contribution is -0.118. The number of fused-ring (bicyclic) bond motifs is 1. The highest BCUT2D eigenvalue weighted by Crippen LogP contribution is 2.29. The number of benzene rings is 2. The molecule has 1 aromatic heterocycles. The van der Waals surface area contributed by atoms with Crippen molar-refractivity contribution in [2.75, 3.05) is 12.4 Å². The lowest BCUT2D eigenvalue weighted by Gasteiger charge is -2.08. The zero-order valence-corrected chi connectivity index (χ0v) is 18.8. The Kier molecular flexibility index (Phi) is 9.18. The molecule has 0 saturated carbocycles. The Morgan fingerprint density at radius 1 is 1.13 bits per heavy atom. The van der Waals surface area contributed by atoms with E-state index in [2.05, 4.69) is 22.4 Å². The number of carbonyl (C=O) groups is 1. The van der Waals surface area contributed by atoms with Gasteiger partial charge in [-0.15, -0.1) is 11.3 Å². The minimum absolute atomic E-state index is 0.162. The molecule has 1 N–H and O–H groups in total. The molecule has 0 saturated heterocycles. The molecule has 7 heteroatoms. The molecule has 0 aliphatic rings. The fraction of sp³-hybridized carbons (Fsp3) is 0.348. The molecule has 5 nitrogen and oxygen atoms in total. The number of hydrogen-bond acceptors (Lipinski definition) is 6. The molecule has 1 amide bonds. The van der Waals surface area contributed by atoms with Crippen LogP contribution in [0.15, 0.2) is 58.0 Å². The number of para-hydroxylation sites is 2. The van der Waals surface area contributed by atoms with Crippen LogP contribution in [0.5, 0.6) is 5.75 Å². The van der Waals surface area contributed by atoms with Gasteiger partial charge in [0.05, 0.1) is 28.8 Å². The Hall–Kier alpha value is -2.38. The van der Waals surface area contributed by atoms with Crippen LogP contribution >= 0.6 is 23.1 Å². The number of thioether (sulfide) groups is 1. The third-order valence-electron chi connectivity index (χ3n) is 4.42. The second-order valence-corrected chi connectivity index (χ2v) is 9.08. The summed E-state index contributed by atoms with van der Waals surface area (Å²) in [6.45, 7) is 2.91. The molecular weight excluding hydrogens is 414 g/mol. The average Bonchev–Trinajstić information content (AvgIpc) is 3.19. The Labute approximate surface area is 185 Å². The molecule has 2 aromatic carbocycles. The van der Waals surface area contributed by atoms with E-state index in [0.29, 0.717) is 6.61 Å². The molecular formula is C23H27N3O2S2. The summed E-state index contributed by atoms with van der Waals surface area (Å²) in [6.07, 6.45) is 7.64. The van der Waals surface area contributed by atoms with Crippen molar-refractivity contribution in [3.8, 4) is 5.75 Å². The standard InChI is InChI=1S/C23H27N3O2S2/c1-2-3-4-5-10-15-28-20-13-8-6-11-18(20)16-24-26-22(27)17-29-23-25-19-12-7-9-14-21(19)30-23/h6-9,11-14,16H,2-5,10,15,17H2,1H3,(H,26,27). The number of thiazole rings is 1. The molecule has 0 unspecified atom stereocenters. The average molecular weight is 442 g/mol. The van der Waals surface area contributed by atoms with Crippen LogP contribution in [-0.2, 0) is 4.79 Å². The normalized spacial score (nSPS) is 11.2. The first-order chi connectivity index (χ1) is 14.8. The first-order valence-corrected chi connectivity index (χ1v) is 12.1. The molecule has 0 atom stereocenters. The molecule has 1 heterocycles. The minimum Gasteiger partial charge on any atom is -0.493 e. The van der Waals surface area contributed by atoms with E-state index in [1.807, 2.05) is 48.5 Å². The topological polar surface area (TPSA) is 63.6 Å². The van der Waals surface area contributed by atoms with Gasteiger partial charge in [0, 0.05) is 5.56 Å². The van der Waals surface area contributed by atoms with Gasteiger partial charge in [0.25, 0.3) is 5.91 Å². The van der Waals surface area contributed by atoms with Crippen LogP contribution in [0.25, 0.3) is 10.2 Å². The van der Waals surface area contributed by atoms with Crippen molar-refractivity contribution in [3.05, 3.63) is 54.1 Å². The van der Waals surface area contributed by atoms with Gasteiger partial charge < -0.3 is 4.74 Å². The minimum atomic E-state index is -0.162. The number of nitrogens with one attached hydrogen (secondary N) is 1. The number of unbranched alkanes of at least 4 members (excludes halogenated alkanes) is 4. The molecule has 30 heavy (non-hydrogen) atoms. The van der Waals surface area contributed by atoms with E-state index in [-0.39, 0.29) is 11.7 Å². The van der Waals surface area contributed by atoms with Crippen LogP contribution < -0.4 is 10.2 Å². The lowest BCUT2D eigenvalue weighted by Crippen LogP contribution is -2.19. The Morgan fingerprint density at radius 3 is 2.80 bits per heavy atom. The summed E-state index contributed by atoms with van der Waals surface area (Å²) in [5.74, 6) is 0.896. The first-order valence-electron chi connectivity index (χ1n) is 10.3. The first kappa shape index (κ1) is 22.3. The zero-order chi connectivity index (χ0) is 21.0. The number of hydrazone groups is 1. The van der Waals surface area contributed by atoms with Crippen LogP contribution in [0.1, 0.15) is 44.6 Å². The van der Waals surface area contributed by atoms with Crippen LogP contribution in [0.3, 0.4) is 0 Å². The summed E-state index contributed by atoms with van der Waals surface area (Å²) in [5, 5.41) is 4.09. The van der Waals surface area contributed by atoms with E-state index in [1.165, 1.54) is 37.4 Å². The molecule has 0 aliphatic carbocycles. The summed E-state index contributed by atoms with van der Waals surface area (Å²) < 4.78 is 7.90. The zero-order valence-electron chi connectivity index (χ0n) is 17.2. The summed E-state index contributed by atoms with van der Waals surface area (Å²) >= 11 is 3.01. The molecule has 158 valence electrons. The van der Waals surface area contributed by atoms with Gasteiger partial charge in [-0.1, -0.05) is 68.6 Å². The van der Waals surface area contributed by atoms with Gasteiger partial charge in [-0.25, -0.2) is 10.4 Å². The van der Waals surface area contributed by atoms with Gasteiger partial charge in [0.1, 0.15) is 5.75 Å². The van der Waals surface area contributed by atoms with Gasteiger partial charge in [-0.2, -0.15) is 5.10 Å². The highest BCUT2D eigenvalue weighted by atomic mass is 32.2. The fourth-order valence-electron chi connectivity index (χ4n) is 2.85. The molecule has 0 radical (unpaired) electrons. The smallest absolute Gasteiger partial charge is 0.250 e. The predicted octanol–water partition coefficient (Wildman–Crippen LogP) is 5.89. The molecule has 3 aromatic rings. The highest BCUT2D eigenvalue weighted by molar-refractivity contribution is 8.01. The van der Waals surface area contributed by atoms with Crippen molar-refractivity contribution in [1.29, 1.82) is 0 Å². The van der Waals surface area contributed by atoms with E-state index in [4.69, 9.17) is 4.74 Å². The molecule has 0 spiro atoms. The number of carbonyl (C=O) groups excluding carboxylic acids is 1. The summed E-state index contributed by atoms with van der Waals surface area (Å²) in [6, 6.07) is 15.7. The van der Waals surface area contributed by atoms with E-state index in [0.717, 1.165) is 32.3 Å². The number of rotatable bonds is 12. The number of hydrogen-bond donors (Lipinski definition) is 1. The van der Waals surface area contributed by atoms with E-state index < -0.39 is 0 Å². The van der Waals surface area contributed by atoms with Crippen molar-refractivity contribution in [2.24, 2.45) is 5.10 Å². The number of nitrogens with zero attached hydrogens (tertiary/aromatic N) is 2. The van der Waals surface area contributed by atoms with Crippen LogP contribution in [0.2, 0.25) is 0 Å². The largest absolute Gasteiger partial charge is 0.493 e. The third kappa shape index (κ3) is 7.15. The maximum absolute atomic E-state index is 12.1. The van der Waals surface area contributed by atoms with Crippen LogP contribution in [-0.4, -0.2) is 29.5 Å². The Balaban J connectivity index is 1.43. The molecule has 0 bridgehead atoms. The maximum atomic E-state index is 12.1. The molecule has 3 rings (SSSR count). The fourth-order valence-corrected chi connectivity index (χ4v) is 4.71. The highest BCUT2D eigenvalue weighted by Gasteiger charge is 2.07. The Morgan fingerprint density at radius 2 is 1.93 bits per heavy atom.